The highest BCUT2D eigenvalue weighted by Gasteiger charge is 2.11. The lowest BCUT2D eigenvalue weighted by atomic mass is 10.6. The van der Waals surface area contributed by atoms with Crippen molar-refractivity contribution in [1.82, 2.24) is 0 Å². The SMILES string of the molecule is C=CC.CCC[SiH2]CCC[Si](C)(C)C.C[Si](C)(C)CCC[SiH3]. The summed E-state index contributed by atoms with van der Waals surface area (Å²) < 4.78 is 0. The summed E-state index contributed by atoms with van der Waals surface area (Å²) in [5.41, 5.74) is 0. The molecule has 0 atom stereocenters. The highest BCUT2D eigenvalue weighted by atomic mass is 28.3. The first-order chi connectivity index (χ1) is 10.0. The predicted octanol–water partition coefficient (Wildman–Crippen LogP) is 5.82. The maximum atomic E-state index is 3.36. The Morgan fingerprint density at radius 3 is 1.59 bits per heavy atom. The Kier molecular flexibility index (Phi) is 22.4. The number of hydrogen-bond acceptors (Lipinski definition) is 0. The van der Waals surface area contributed by atoms with Crippen LogP contribution < -0.4 is 0 Å². The van der Waals surface area contributed by atoms with E-state index in [0.29, 0.717) is 9.52 Å². The third-order valence-corrected chi connectivity index (χ3v) is 9.93. The molecule has 0 aliphatic heterocycles. The largest absolute Gasteiger partial charge is 0.103 e. The van der Waals surface area contributed by atoms with E-state index in [1.54, 1.807) is 30.6 Å². The summed E-state index contributed by atoms with van der Waals surface area (Å²) in [6.07, 6.45) is 6.23. The van der Waals surface area contributed by atoms with Crippen LogP contribution in [0.25, 0.3) is 0 Å². The van der Waals surface area contributed by atoms with Crippen LogP contribution in [-0.4, -0.2) is 35.9 Å². The van der Waals surface area contributed by atoms with E-state index in [1.807, 2.05) is 6.92 Å². The van der Waals surface area contributed by atoms with E-state index in [4.69, 9.17) is 0 Å². The second-order valence-corrected chi connectivity index (χ2v) is 23.2. The monoisotopic (exact) mass is 376 g/mol. The van der Waals surface area contributed by atoms with Crippen LogP contribution in [0.1, 0.15) is 33.1 Å². The molecule has 0 aliphatic carbocycles. The van der Waals surface area contributed by atoms with Gasteiger partial charge in [0.2, 0.25) is 0 Å². The highest BCUT2D eigenvalue weighted by molar-refractivity contribution is 6.76. The molecule has 0 amide bonds. The van der Waals surface area contributed by atoms with Gasteiger partial charge in [0.25, 0.3) is 0 Å². The Bertz CT molecular complexity index is 214. The summed E-state index contributed by atoms with van der Waals surface area (Å²) in [6, 6.07) is 7.79. The van der Waals surface area contributed by atoms with Crippen LogP contribution in [0.2, 0.25) is 69.5 Å². The van der Waals surface area contributed by atoms with Crippen molar-refractivity contribution in [3.63, 3.8) is 0 Å². The van der Waals surface area contributed by atoms with Gasteiger partial charge in [-0.05, 0) is 6.92 Å². The summed E-state index contributed by atoms with van der Waals surface area (Å²) in [4.78, 5) is 0. The fraction of sp³-hybridized carbons (Fsp3) is 0.889. The molecule has 0 radical (unpaired) electrons. The van der Waals surface area contributed by atoms with Gasteiger partial charge in [0.05, 0.1) is 0 Å². The molecule has 0 N–H and O–H groups in total. The van der Waals surface area contributed by atoms with Gasteiger partial charge in [0, 0.05) is 35.9 Å². The molecule has 0 aromatic carbocycles. The van der Waals surface area contributed by atoms with E-state index < -0.39 is 16.1 Å². The van der Waals surface area contributed by atoms with Gasteiger partial charge in [-0.25, -0.2) is 0 Å². The van der Waals surface area contributed by atoms with Gasteiger partial charge in [0.1, 0.15) is 0 Å². The number of rotatable bonds is 9. The van der Waals surface area contributed by atoms with Crippen molar-refractivity contribution < 1.29 is 0 Å². The summed E-state index contributed by atoms with van der Waals surface area (Å²) in [7, 11) is 0.418. The molecular formula is C18H48Si4. The smallest absolute Gasteiger partial charge is 0.0442 e. The molecule has 0 saturated heterocycles. The Morgan fingerprint density at radius 2 is 1.32 bits per heavy atom. The van der Waals surface area contributed by atoms with E-state index in [0.717, 1.165) is 0 Å². The molecule has 22 heavy (non-hydrogen) atoms. The number of hydrogen-bond donors (Lipinski definition) is 0. The van der Waals surface area contributed by atoms with Crippen molar-refractivity contribution in [2.75, 3.05) is 0 Å². The van der Waals surface area contributed by atoms with Crippen LogP contribution in [-0.2, 0) is 0 Å². The van der Waals surface area contributed by atoms with E-state index in [2.05, 4.69) is 52.8 Å². The van der Waals surface area contributed by atoms with E-state index in [-0.39, 0.29) is 0 Å². The van der Waals surface area contributed by atoms with Crippen molar-refractivity contribution in [3.8, 4) is 0 Å². The maximum absolute atomic E-state index is 3.36. The van der Waals surface area contributed by atoms with Gasteiger partial charge < -0.3 is 0 Å². The van der Waals surface area contributed by atoms with E-state index in [9.17, 15) is 0 Å². The summed E-state index contributed by atoms with van der Waals surface area (Å²) >= 11 is 0. The fourth-order valence-electron chi connectivity index (χ4n) is 1.97. The first kappa shape index (κ1) is 27.5. The molecule has 136 valence electrons. The molecule has 0 spiro atoms. The van der Waals surface area contributed by atoms with Gasteiger partial charge in [-0.2, -0.15) is 0 Å². The minimum atomic E-state index is -0.695. The minimum absolute atomic E-state index is 0.365. The van der Waals surface area contributed by atoms with Crippen molar-refractivity contribution >= 4 is 35.9 Å². The Labute approximate surface area is 151 Å². The Balaban J connectivity index is -0.000000288. The lowest BCUT2D eigenvalue weighted by Gasteiger charge is -2.14. The third kappa shape index (κ3) is 42.8. The van der Waals surface area contributed by atoms with Gasteiger partial charge in [-0.15, -0.1) is 6.58 Å². The molecular weight excluding hydrogens is 329 g/mol. The summed E-state index contributed by atoms with van der Waals surface area (Å²) in [6.45, 7) is 22.3. The van der Waals surface area contributed by atoms with Gasteiger partial charge >= 0.3 is 0 Å². The molecule has 0 aromatic heterocycles. The normalized spacial score (nSPS) is 11.6. The summed E-state index contributed by atoms with van der Waals surface area (Å²) in [5.74, 6) is 0. The van der Waals surface area contributed by atoms with Crippen LogP contribution in [0.3, 0.4) is 0 Å². The lowest BCUT2D eigenvalue weighted by Crippen LogP contribution is -2.18. The van der Waals surface area contributed by atoms with Gasteiger partial charge in [0.15, 0.2) is 0 Å². The highest BCUT2D eigenvalue weighted by Crippen LogP contribution is 2.13. The van der Waals surface area contributed by atoms with Crippen molar-refractivity contribution in [2.45, 2.75) is 103 Å². The predicted molar refractivity (Wildman–Crippen MR) is 125 cm³/mol. The second-order valence-electron chi connectivity index (χ2n) is 8.80. The van der Waals surface area contributed by atoms with Crippen LogP contribution in [0.4, 0.5) is 0 Å². The quantitative estimate of drug-likeness (QED) is 0.270. The molecule has 0 nitrogen and oxygen atoms in total. The van der Waals surface area contributed by atoms with Gasteiger partial charge in [-0.3, -0.25) is 0 Å². The second kappa shape index (κ2) is 18.0. The zero-order valence-corrected chi connectivity index (χ0v) is 23.1. The Morgan fingerprint density at radius 1 is 0.909 bits per heavy atom. The molecule has 0 aromatic rings. The molecule has 0 saturated carbocycles. The number of allylic oxidation sites excluding steroid dienone is 1. The van der Waals surface area contributed by atoms with Crippen molar-refractivity contribution in [3.05, 3.63) is 12.7 Å². The average molecular weight is 377 g/mol. The maximum Gasteiger partial charge on any atom is 0.0442 e. The molecule has 4 heteroatoms. The zero-order chi connectivity index (χ0) is 18.1. The van der Waals surface area contributed by atoms with Crippen molar-refractivity contribution in [2.24, 2.45) is 0 Å². The van der Waals surface area contributed by atoms with E-state index >= 15 is 0 Å². The molecule has 0 unspecified atom stereocenters. The first-order valence-corrected chi connectivity index (χ1v) is 20.4. The third-order valence-electron chi connectivity index (χ3n) is 3.31. The van der Waals surface area contributed by atoms with Crippen LogP contribution >= 0.6 is 0 Å². The van der Waals surface area contributed by atoms with Crippen LogP contribution in [0.5, 0.6) is 0 Å². The first-order valence-electron chi connectivity index (χ1n) is 9.61. The molecule has 0 rings (SSSR count). The van der Waals surface area contributed by atoms with Crippen LogP contribution in [0, 0.1) is 0 Å². The standard InChI is InChI=1S/C9H24Si2.C6H18Si2.C3H6/c1-5-7-10-8-6-9-11(2,3)4;1-8(2,3)6-4-5-7;1-3-2/h5-10H2,1-4H3;4-6H2,1-3,7H3;3H,1H2,2H3. The molecule has 0 bridgehead atoms. The Hall–Kier alpha value is 0.608. The summed E-state index contributed by atoms with van der Waals surface area (Å²) in [5, 5.41) is 0. The van der Waals surface area contributed by atoms with Gasteiger partial charge in [-0.1, -0.05) is 102 Å². The topological polar surface area (TPSA) is 0 Å². The average Bonchev–Trinajstić information content (AvgIpc) is 2.36. The zero-order valence-electron chi connectivity index (χ0n) is 17.6. The van der Waals surface area contributed by atoms with Crippen LogP contribution in [0.15, 0.2) is 12.7 Å². The lowest BCUT2D eigenvalue weighted by molar-refractivity contribution is 1.01. The molecule has 0 aliphatic rings. The minimum Gasteiger partial charge on any atom is -0.103 e. The molecule has 0 heterocycles. The fourth-order valence-corrected chi connectivity index (χ4v) is 7.71. The van der Waals surface area contributed by atoms with E-state index in [1.165, 1.54) is 35.2 Å². The van der Waals surface area contributed by atoms with Crippen molar-refractivity contribution in [1.29, 1.82) is 0 Å². The molecule has 0 fully saturated rings.